The molecule has 0 aromatic carbocycles. The van der Waals surface area contributed by atoms with Gasteiger partial charge in [-0.3, -0.25) is 14.5 Å². The van der Waals surface area contributed by atoms with Gasteiger partial charge in [-0.25, -0.2) is 0 Å². The first-order chi connectivity index (χ1) is 9.45. The van der Waals surface area contributed by atoms with Gasteiger partial charge in [0, 0.05) is 33.4 Å². The summed E-state index contributed by atoms with van der Waals surface area (Å²) in [5.74, 6) is -0.103. The molecule has 1 aliphatic rings. The Morgan fingerprint density at radius 3 is 2.55 bits per heavy atom. The number of rotatable bonds is 9. The quantitative estimate of drug-likeness (QED) is 0.610. The lowest BCUT2D eigenvalue weighted by atomic mass is 10.2. The fourth-order valence-corrected chi connectivity index (χ4v) is 1.95. The van der Waals surface area contributed by atoms with E-state index in [1.165, 1.54) is 4.90 Å². The van der Waals surface area contributed by atoms with Crippen LogP contribution in [-0.4, -0.2) is 74.6 Å². The minimum Gasteiger partial charge on any atom is -0.385 e. The molecule has 1 saturated carbocycles. The Morgan fingerprint density at radius 1 is 1.35 bits per heavy atom. The number of carbonyl (C=O) groups excluding carboxylic acids is 2. The summed E-state index contributed by atoms with van der Waals surface area (Å²) in [6.45, 7) is 3.48. The van der Waals surface area contributed by atoms with Gasteiger partial charge in [-0.05, 0) is 33.2 Å². The van der Waals surface area contributed by atoms with Gasteiger partial charge < -0.3 is 15.0 Å². The van der Waals surface area contributed by atoms with Gasteiger partial charge in [0.15, 0.2) is 0 Å². The van der Waals surface area contributed by atoms with E-state index in [1.807, 2.05) is 18.9 Å². The van der Waals surface area contributed by atoms with Crippen LogP contribution < -0.4 is 5.32 Å². The third-order valence-electron chi connectivity index (χ3n) is 3.58. The average Bonchev–Trinajstić information content (AvgIpc) is 3.20. The molecule has 1 aliphatic carbocycles. The summed E-state index contributed by atoms with van der Waals surface area (Å²) in [6.07, 6.45) is 3.00. The van der Waals surface area contributed by atoms with E-state index in [0.717, 1.165) is 25.8 Å². The molecule has 1 unspecified atom stereocenters. The Balaban J connectivity index is 2.31. The van der Waals surface area contributed by atoms with Crippen LogP contribution in [0.15, 0.2) is 0 Å². The lowest BCUT2D eigenvalue weighted by Gasteiger charge is -2.27. The minimum absolute atomic E-state index is 0.0316. The Labute approximate surface area is 121 Å². The van der Waals surface area contributed by atoms with E-state index in [2.05, 4.69) is 5.32 Å². The van der Waals surface area contributed by atoms with Gasteiger partial charge in [0.2, 0.25) is 11.8 Å². The van der Waals surface area contributed by atoms with Crippen molar-refractivity contribution in [3.63, 3.8) is 0 Å². The number of amides is 2. The van der Waals surface area contributed by atoms with E-state index in [9.17, 15) is 9.59 Å². The molecule has 20 heavy (non-hydrogen) atoms. The van der Waals surface area contributed by atoms with Crippen molar-refractivity contribution in [3.8, 4) is 0 Å². The molecule has 0 aliphatic heterocycles. The second-order valence-electron chi connectivity index (χ2n) is 5.54. The zero-order chi connectivity index (χ0) is 15.1. The fraction of sp³-hybridized carbons (Fsp3) is 0.857. The second-order valence-corrected chi connectivity index (χ2v) is 5.54. The fourth-order valence-electron chi connectivity index (χ4n) is 1.95. The standard InChI is InChI=1S/C14H27N3O3/c1-11(16(2)8-5-9-20-4)14(19)17(3)10-13(18)15-12-6-7-12/h11-12H,5-10H2,1-4H3,(H,15,18). The number of nitrogens with zero attached hydrogens (tertiary/aromatic N) is 2. The molecule has 116 valence electrons. The summed E-state index contributed by atoms with van der Waals surface area (Å²) in [4.78, 5) is 27.4. The Kier molecular flexibility index (Phi) is 6.95. The Bertz CT molecular complexity index is 332. The molecule has 0 radical (unpaired) electrons. The zero-order valence-electron chi connectivity index (χ0n) is 13.0. The summed E-state index contributed by atoms with van der Waals surface area (Å²) in [5.41, 5.74) is 0. The molecular formula is C14H27N3O3. The molecule has 6 nitrogen and oxygen atoms in total. The first kappa shape index (κ1) is 16.9. The number of ether oxygens (including phenoxy) is 1. The highest BCUT2D eigenvalue weighted by atomic mass is 16.5. The van der Waals surface area contributed by atoms with Crippen LogP contribution in [0.1, 0.15) is 26.2 Å². The molecular weight excluding hydrogens is 258 g/mol. The smallest absolute Gasteiger partial charge is 0.239 e. The number of carbonyl (C=O) groups is 2. The predicted molar refractivity (Wildman–Crippen MR) is 77.4 cm³/mol. The van der Waals surface area contributed by atoms with Crippen LogP contribution >= 0.6 is 0 Å². The van der Waals surface area contributed by atoms with Crippen LogP contribution in [0.5, 0.6) is 0 Å². The van der Waals surface area contributed by atoms with Gasteiger partial charge in [-0.15, -0.1) is 0 Å². The first-order valence-electron chi connectivity index (χ1n) is 7.19. The maximum atomic E-state index is 12.2. The molecule has 0 saturated heterocycles. The highest BCUT2D eigenvalue weighted by molar-refractivity contribution is 5.87. The lowest BCUT2D eigenvalue weighted by molar-refractivity contribution is -0.138. The molecule has 1 fully saturated rings. The van der Waals surface area contributed by atoms with Crippen molar-refractivity contribution in [2.75, 3.05) is 40.9 Å². The minimum atomic E-state index is -0.231. The maximum Gasteiger partial charge on any atom is 0.239 e. The first-order valence-corrected chi connectivity index (χ1v) is 7.19. The third-order valence-corrected chi connectivity index (χ3v) is 3.58. The average molecular weight is 285 g/mol. The summed E-state index contributed by atoms with van der Waals surface area (Å²) in [5, 5.41) is 2.89. The second kappa shape index (κ2) is 8.21. The Morgan fingerprint density at radius 2 is 2.00 bits per heavy atom. The van der Waals surface area contributed by atoms with Crippen LogP contribution in [-0.2, 0) is 14.3 Å². The van der Waals surface area contributed by atoms with Gasteiger partial charge in [0.05, 0.1) is 12.6 Å². The normalized spacial score (nSPS) is 16.1. The van der Waals surface area contributed by atoms with Gasteiger partial charge in [-0.2, -0.15) is 0 Å². The van der Waals surface area contributed by atoms with Crippen molar-refractivity contribution in [1.29, 1.82) is 0 Å². The Hall–Kier alpha value is -1.14. The zero-order valence-corrected chi connectivity index (χ0v) is 13.0. The van der Waals surface area contributed by atoms with E-state index < -0.39 is 0 Å². The van der Waals surface area contributed by atoms with Gasteiger partial charge in [-0.1, -0.05) is 0 Å². The molecule has 2 amide bonds. The highest BCUT2D eigenvalue weighted by Gasteiger charge is 2.26. The van der Waals surface area contributed by atoms with Crippen molar-refractivity contribution in [2.24, 2.45) is 0 Å². The van der Waals surface area contributed by atoms with E-state index in [-0.39, 0.29) is 24.4 Å². The summed E-state index contributed by atoms with van der Waals surface area (Å²) in [6, 6.07) is 0.103. The molecule has 1 rings (SSSR count). The van der Waals surface area contributed by atoms with Crippen molar-refractivity contribution < 1.29 is 14.3 Å². The van der Waals surface area contributed by atoms with Gasteiger partial charge in [0.1, 0.15) is 0 Å². The molecule has 0 aromatic rings. The summed E-state index contributed by atoms with van der Waals surface area (Å²) < 4.78 is 5.00. The van der Waals surface area contributed by atoms with E-state index in [1.54, 1.807) is 14.2 Å². The number of hydrogen-bond donors (Lipinski definition) is 1. The number of hydrogen-bond acceptors (Lipinski definition) is 4. The molecule has 0 spiro atoms. The van der Waals surface area contributed by atoms with Crippen LogP contribution in [0.2, 0.25) is 0 Å². The monoisotopic (exact) mass is 285 g/mol. The number of likely N-dealkylation sites (N-methyl/N-ethyl adjacent to an activating group) is 2. The van der Waals surface area contributed by atoms with Crippen LogP contribution in [0, 0.1) is 0 Å². The van der Waals surface area contributed by atoms with Gasteiger partial charge in [0.25, 0.3) is 0 Å². The molecule has 0 bridgehead atoms. The van der Waals surface area contributed by atoms with Crippen LogP contribution in [0.4, 0.5) is 0 Å². The van der Waals surface area contributed by atoms with E-state index in [0.29, 0.717) is 12.6 Å². The SMILES string of the molecule is COCCCN(C)C(C)C(=O)N(C)CC(=O)NC1CC1. The third kappa shape index (κ3) is 5.88. The molecule has 0 heterocycles. The van der Waals surface area contributed by atoms with Crippen molar-refractivity contribution in [1.82, 2.24) is 15.1 Å². The molecule has 0 aromatic heterocycles. The van der Waals surface area contributed by atoms with E-state index in [4.69, 9.17) is 4.74 Å². The molecule has 6 heteroatoms. The van der Waals surface area contributed by atoms with Crippen LogP contribution in [0.25, 0.3) is 0 Å². The summed E-state index contributed by atoms with van der Waals surface area (Å²) in [7, 11) is 5.26. The van der Waals surface area contributed by atoms with Crippen LogP contribution in [0.3, 0.4) is 0 Å². The molecule has 1 N–H and O–H groups in total. The van der Waals surface area contributed by atoms with Crippen molar-refractivity contribution in [3.05, 3.63) is 0 Å². The lowest BCUT2D eigenvalue weighted by Crippen LogP contribution is -2.47. The topological polar surface area (TPSA) is 61.9 Å². The summed E-state index contributed by atoms with van der Waals surface area (Å²) >= 11 is 0. The largest absolute Gasteiger partial charge is 0.385 e. The van der Waals surface area contributed by atoms with Gasteiger partial charge >= 0.3 is 0 Å². The maximum absolute atomic E-state index is 12.2. The van der Waals surface area contributed by atoms with Crippen molar-refractivity contribution in [2.45, 2.75) is 38.3 Å². The van der Waals surface area contributed by atoms with E-state index >= 15 is 0 Å². The number of methoxy groups -OCH3 is 1. The highest BCUT2D eigenvalue weighted by Crippen LogP contribution is 2.18. The van der Waals surface area contributed by atoms with Crippen molar-refractivity contribution >= 4 is 11.8 Å². The number of nitrogens with one attached hydrogen (secondary N) is 1. The predicted octanol–water partition coefficient (Wildman–Crippen LogP) is 0.0802. The molecule has 1 atom stereocenters.